The number of aromatic nitrogens is 1. The lowest BCUT2D eigenvalue weighted by Gasteiger charge is -2.28. The van der Waals surface area contributed by atoms with Crippen molar-refractivity contribution in [3.05, 3.63) is 59.2 Å². The van der Waals surface area contributed by atoms with Gasteiger partial charge in [-0.2, -0.15) is 0 Å². The van der Waals surface area contributed by atoms with Crippen molar-refractivity contribution in [3.8, 4) is 5.75 Å². The molecular formula is C27H31ClN4O4. The van der Waals surface area contributed by atoms with Crippen LogP contribution in [-0.2, 0) is 9.47 Å². The number of nitrogens with zero attached hydrogens (tertiary/aromatic N) is 3. The smallest absolute Gasteiger partial charge is 0.255 e. The summed E-state index contributed by atoms with van der Waals surface area (Å²) in [5.41, 5.74) is 1.18. The molecular weight excluding hydrogens is 480 g/mol. The first-order chi connectivity index (χ1) is 17.7. The lowest BCUT2D eigenvalue weighted by atomic mass is 10.1. The van der Waals surface area contributed by atoms with Crippen LogP contribution in [0.5, 0.6) is 5.75 Å². The molecule has 1 aromatic heterocycles. The number of amides is 1. The van der Waals surface area contributed by atoms with E-state index in [0.717, 1.165) is 61.5 Å². The molecule has 36 heavy (non-hydrogen) atoms. The lowest BCUT2D eigenvalue weighted by Crippen LogP contribution is -2.37. The van der Waals surface area contributed by atoms with E-state index >= 15 is 0 Å². The second-order valence-corrected chi connectivity index (χ2v) is 9.29. The molecule has 2 fully saturated rings. The van der Waals surface area contributed by atoms with Crippen molar-refractivity contribution in [1.29, 1.82) is 0 Å². The Kier molecular flexibility index (Phi) is 8.18. The first-order valence-electron chi connectivity index (χ1n) is 12.4. The van der Waals surface area contributed by atoms with Gasteiger partial charge in [-0.1, -0.05) is 35.9 Å². The zero-order valence-corrected chi connectivity index (χ0v) is 21.0. The number of carbonyl (C=O) groups is 1. The molecule has 1 N–H and O–H groups in total. The van der Waals surface area contributed by atoms with Crippen LogP contribution in [0, 0.1) is 0 Å². The Bertz CT molecular complexity index is 1200. The van der Waals surface area contributed by atoms with E-state index in [-0.39, 0.29) is 11.1 Å². The summed E-state index contributed by atoms with van der Waals surface area (Å²) >= 11 is 6.27. The van der Waals surface area contributed by atoms with Gasteiger partial charge in [0, 0.05) is 54.7 Å². The van der Waals surface area contributed by atoms with Crippen LogP contribution < -0.4 is 15.0 Å². The monoisotopic (exact) mass is 510 g/mol. The van der Waals surface area contributed by atoms with Crippen molar-refractivity contribution in [2.75, 3.05) is 76.0 Å². The lowest BCUT2D eigenvalue weighted by molar-refractivity contribution is 0.0358. The van der Waals surface area contributed by atoms with Crippen LogP contribution in [0.1, 0.15) is 16.8 Å². The maximum Gasteiger partial charge on any atom is 0.255 e. The molecule has 2 aliphatic heterocycles. The average Bonchev–Trinajstić information content (AvgIpc) is 2.92. The molecule has 2 aliphatic rings. The fraction of sp³-hybridized carbons (Fsp3) is 0.407. The predicted octanol–water partition coefficient (Wildman–Crippen LogP) is 4.08. The number of hydrogen-bond acceptors (Lipinski definition) is 7. The molecule has 2 saturated heterocycles. The summed E-state index contributed by atoms with van der Waals surface area (Å²) in [6, 6.07) is 15.1. The van der Waals surface area contributed by atoms with Gasteiger partial charge in [0.2, 0.25) is 0 Å². The number of halogens is 1. The van der Waals surface area contributed by atoms with Gasteiger partial charge in [0.05, 0.1) is 33.0 Å². The first kappa shape index (κ1) is 24.8. The number of benzene rings is 2. The van der Waals surface area contributed by atoms with Crippen molar-refractivity contribution in [2.45, 2.75) is 6.42 Å². The van der Waals surface area contributed by atoms with Gasteiger partial charge in [0.1, 0.15) is 16.7 Å². The number of fused-ring (bicyclic) bond motifs is 1. The highest BCUT2D eigenvalue weighted by Crippen LogP contribution is 2.32. The highest BCUT2D eigenvalue weighted by Gasteiger charge is 2.18. The number of nitrogens with one attached hydrogen (secondary N) is 1. The maximum atomic E-state index is 13.2. The van der Waals surface area contributed by atoms with E-state index in [2.05, 4.69) is 20.1 Å². The topological polar surface area (TPSA) is 76.2 Å². The number of pyridine rings is 1. The molecule has 3 aromatic rings. The largest absolute Gasteiger partial charge is 0.493 e. The van der Waals surface area contributed by atoms with Crippen LogP contribution in [0.2, 0.25) is 5.15 Å². The van der Waals surface area contributed by atoms with Crippen molar-refractivity contribution in [3.63, 3.8) is 0 Å². The molecule has 0 spiro atoms. The average molecular weight is 511 g/mol. The fourth-order valence-corrected chi connectivity index (χ4v) is 4.77. The highest BCUT2D eigenvalue weighted by atomic mass is 35.5. The Morgan fingerprint density at radius 3 is 2.47 bits per heavy atom. The predicted molar refractivity (Wildman–Crippen MR) is 142 cm³/mol. The summed E-state index contributed by atoms with van der Waals surface area (Å²) in [7, 11) is 0. The molecule has 8 nitrogen and oxygen atoms in total. The van der Waals surface area contributed by atoms with E-state index in [0.29, 0.717) is 44.3 Å². The van der Waals surface area contributed by atoms with Gasteiger partial charge in [0.15, 0.2) is 0 Å². The quantitative estimate of drug-likeness (QED) is 0.361. The Balaban J connectivity index is 1.28. The van der Waals surface area contributed by atoms with Crippen LogP contribution in [0.3, 0.4) is 0 Å². The highest BCUT2D eigenvalue weighted by molar-refractivity contribution is 6.30. The molecule has 0 aliphatic carbocycles. The van der Waals surface area contributed by atoms with Gasteiger partial charge < -0.3 is 24.4 Å². The second-order valence-electron chi connectivity index (χ2n) is 8.90. The molecule has 0 atom stereocenters. The molecule has 9 heteroatoms. The molecule has 0 radical (unpaired) electrons. The molecule has 190 valence electrons. The van der Waals surface area contributed by atoms with E-state index < -0.39 is 0 Å². The van der Waals surface area contributed by atoms with Crippen molar-refractivity contribution >= 4 is 39.8 Å². The number of rotatable bonds is 8. The maximum absolute atomic E-state index is 13.2. The van der Waals surface area contributed by atoms with Crippen molar-refractivity contribution < 1.29 is 19.0 Å². The Labute approximate surface area is 216 Å². The van der Waals surface area contributed by atoms with E-state index in [1.165, 1.54) is 0 Å². The Hall–Kier alpha value is -2.91. The Morgan fingerprint density at radius 1 is 0.972 bits per heavy atom. The molecule has 0 unspecified atom stereocenters. The van der Waals surface area contributed by atoms with E-state index in [1.807, 2.05) is 36.4 Å². The molecule has 5 rings (SSSR count). The van der Waals surface area contributed by atoms with Crippen LogP contribution in [0.25, 0.3) is 10.8 Å². The van der Waals surface area contributed by atoms with Gasteiger partial charge in [-0.15, -0.1) is 0 Å². The number of carbonyl (C=O) groups excluding carboxylic acids is 1. The van der Waals surface area contributed by atoms with Gasteiger partial charge in [-0.05, 0) is 30.7 Å². The second kappa shape index (κ2) is 11.9. The molecule has 2 aromatic carbocycles. The molecule has 3 heterocycles. The van der Waals surface area contributed by atoms with Gasteiger partial charge in [-0.25, -0.2) is 4.98 Å². The zero-order chi connectivity index (χ0) is 24.7. The van der Waals surface area contributed by atoms with Gasteiger partial charge in [-0.3, -0.25) is 9.69 Å². The van der Waals surface area contributed by atoms with Crippen molar-refractivity contribution in [2.24, 2.45) is 0 Å². The van der Waals surface area contributed by atoms with E-state index in [9.17, 15) is 4.79 Å². The number of morpholine rings is 2. The zero-order valence-electron chi connectivity index (χ0n) is 20.2. The minimum Gasteiger partial charge on any atom is -0.493 e. The Morgan fingerprint density at radius 2 is 1.69 bits per heavy atom. The summed E-state index contributed by atoms with van der Waals surface area (Å²) in [6.07, 6.45) is 0.946. The SMILES string of the molecule is O=C(Nc1ccc(OCCCN2CCOCC2)c2ccccc12)c1cc(Cl)nc(N2CCOCC2)c1. The van der Waals surface area contributed by atoms with Crippen LogP contribution in [-0.4, -0.2) is 81.5 Å². The number of anilines is 2. The standard InChI is InChI=1S/C27H31ClN4O4/c28-25-18-20(19-26(30-25)32-11-16-35-17-12-32)27(33)29-23-6-7-24(22-5-2-1-4-21(22)23)36-13-3-8-31-9-14-34-15-10-31/h1-2,4-7,18-19H,3,8-17H2,(H,29,33). The summed E-state index contributed by atoms with van der Waals surface area (Å²) in [5.74, 6) is 1.26. The minimum absolute atomic E-state index is 0.238. The third kappa shape index (κ3) is 6.07. The van der Waals surface area contributed by atoms with Gasteiger partial charge in [0.25, 0.3) is 5.91 Å². The summed E-state index contributed by atoms with van der Waals surface area (Å²) < 4.78 is 17.0. The molecule has 0 saturated carbocycles. The third-order valence-corrected chi connectivity index (χ3v) is 6.68. The van der Waals surface area contributed by atoms with Crippen LogP contribution in [0.15, 0.2) is 48.5 Å². The fourth-order valence-electron chi connectivity index (χ4n) is 4.56. The van der Waals surface area contributed by atoms with E-state index in [4.69, 9.17) is 25.8 Å². The van der Waals surface area contributed by atoms with E-state index in [1.54, 1.807) is 12.1 Å². The number of hydrogen-bond donors (Lipinski definition) is 1. The van der Waals surface area contributed by atoms with Gasteiger partial charge >= 0.3 is 0 Å². The molecule has 0 bridgehead atoms. The third-order valence-electron chi connectivity index (χ3n) is 6.49. The van der Waals surface area contributed by atoms with Crippen molar-refractivity contribution in [1.82, 2.24) is 9.88 Å². The van der Waals surface area contributed by atoms with Crippen LogP contribution >= 0.6 is 11.6 Å². The summed E-state index contributed by atoms with van der Waals surface area (Å²) in [4.78, 5) is 22.1. The number of ether oxygens (including phenoxy) is 3. The molecule has 1 amide bonds. The normalized spacial score (nSPS) is 16.8. The first-order valence-corrected chi connectivity index (χ1v) is 12.8. The summed E-state index contributed by atoms with van der Waals surface area (Å²) in [5, 5.41) is 5.22. The van der Waals surface area contributed by atoms with Crippen LogP contribution in [0.4, 0.5) is 11.5 Å². The summed E-state index contributed by atoms with van der Waals surface area (Å²) in [6.45, 7) is 7.88. The minimum atomic E-state index is -0.238.